The first-order chi connectivity index (χ1) is 11.1. The van der Waals surface area contributed by atoms with E-state index in [1.807, 2.05) is 31.2 Å². The van der Waals surface area contributed by atoms with Crippen LogP contribution < -0.4 is 14.8 Å². The first kappa shape index (κ1) is 16.9. The molecule has 0 aromatic heterocycles. The Morgan fingerprint density at radius 3 is 2.48 bits per heavy atom. The Morgan fingerprint density at radius 1 is 1.13 bits per heavy atom. The molecule has 0 fully saturated rings. The van der Waals surface area contributed by atoms with Crippen molar-refractivity contribution in [1.82, 2.24) is 5.32 Å². The Balaban J connectivity index is 1.85. The molecule has 0 spiro atoms. The maximum atomic E-state index is 12.0. The monoisotopic (exact) mass is 313 g/mol. The van der Waals surface area contributed by atoms with Crippen LogP contribution in [0.5, 0.6) is 11.5 Å². The third-order valence-electron chi connectivity index (χ3n) is 3.68. The number of aryl methyl sites for hydroxylation is 1. The number of nitrogens with one attached hydrogen (secondary N) is 1. The molecule has 0 bridgehead atoms. The van der Waals surface area contributed by atoms with Crippen LogP contribution in [0.3, 0.4) is 0 Å². The summed E-state index contributed by atoms with van der Waals surface area (Å²) in [6.45, 7) is 4.06. The van der Waals surface area contributed by atoms with E-state index in [4.69, 9.17) is 9.47 Å². The molecule has 1 atom stereocenters. The quantitative estimate of drug-likeness (QED) is 0.851. The molecule has 0 aliphatic carbocycles. The van der Waals surface area contributed by atoms with Crippen molar-refractivity contribution in [2.24, 2.45) is 0 Å². The number of carbonyl (C=O) groups excluding carboxylic acids is 1. The normalized spacial score (nSPS) is 11.6. The fourth-order valence-electron chi connectivity index (χ4n) is 2.25. The van der Waals surface area contributed by atoms with Gasteiger partial charge in [0.2, 0.25) is 0 Å². The number of methoxy groups -OCH3 is 1. The minimum absolute atomic E-state index is 0.0233. The summed E-state index contributed by atoms with van der Waals surface area (Å²) >= 11 is 0. The molecule has 23 heavy (non-hydrogen) atoms. The summed E-state index contributed by atoms with van der Waals surface area (Å²) in [7, 11) is 1.59. The largest absolute Gasteiger partial charge is 0.497 e. The lowest BCUT2D eigenvalue weighted by Gasteiger charge is -2.15. The maximum Gasteiger partial charge on any atom is 0.258 e. The van der Waals surface area contributed by atoms with Gasteiger partial charge in [-0.05, 0) is 36.6 Å². The van der Waals surface area contributed by atoms with Crippen LogP contribution >= 0.6 is 0 Å². The summed E-state index contributed by atoms with van der Waals surface area (Å²) in [5.74, 6) is 1.16. The van der Waals surface area contributed by atoms with Crippen molar-refractivity contribution in [3.8, 4) is 11.5 Å². The zero-order valence-corrected chi connectivity index (χ0v) is 13.8. The summed E-state index contributed by atoms with van der Waals surface area (Å²) in [6.07, 6.45) is 1.01. The molecule has 122 valence electrons. The SMILES string of the molecule is CCc1ccc(C(C)NC(=O)COc2cccc(OC)c2)cc1. The van der Waals surface area contributed by atoms with E-state index in [1.54, 1.807) is 19.2 Å². The predicted octanol–water partition coefficient (Wildman–Crippen LogP) is 3.51. The average molecular weight is 313 g/mol. The highest BCUT2D eigenvalue weighted by Gasteiger charge is 2.10. The van der Waals surface area contributed by atoms with Crippen molar-refractivity contribution in [3.63, 3.8) is 0 Å². The Bertz CT molecular complexity index is 637. The predicted molar refractivity (Wildman–Crippen MR) is 90.9 cm³/mol. The number of hydrogen-bond acceptors (Lipinski definition) is 3. The number of rotatable bonds is 7. The third-order valence-corrected chi connectivity index (χ3v) is 3.68. The lowest BCUT2D eigenvalue weighted by atomic mass is 10.1. The van der Waals surface area contributed by atoms with Gasteiger partial charge in [-0.15, -0.1) is 0 Å². The van der Waals surface area contributed by atoms with Crippen molar-refractivity contribution in [1.29, 1.82) is 0 Å². The van der Waals surface area contributed by atoms with E-state index in [2.05, 4.69) is 24.4 Å². The Morgan fingerprint density at radius 2 is 1.83 bits per heavy atom. The molecule has 4 nitrogen and oxygen atoms in total. The van der Waals surface area contributed by atoms with Crippen molar-refractivity contribution in [2.75, 3.05) is 13.7 Å². The van der Waals surface area contributed by atoms with Gasteiger partial charge in [0.15, 0.2) is 6.61 Å². The van der Waals surface area contributed by atoms with Gasteiger partial charge in [0.05, 0.1) is 13.2 Å². The molecule has 2 rings (SSSR count). The van der Waals surface area contributed by atoms with Crippen molar-refractivity contribution >= 4 is 5.91 Å². The summed E-state index contributed by atoms with van der Waals surface area (Å²) in [6, 6.07) is 15.4. The highest BCUT2D eigenvalue weighted by molar-refractivity contribution is 5.78. The van der Waals surface area contributed by atoms with Crippen LogP contribution in [-0.4, -0.2) is 19.6 Å². The van der Waals surface area contributed by atoms with Crippen LogP contribution in [0, 0.1) is 0 Å². The number of hydrogen-bond donors (Lipinski definition) is 1. The summed E-state index contributed by atoms with van der Waals surface area (Å²) in [5, 5.41) is 2.94. The van der Waals surface area contributed by atoms with E-state index < -0.39 is 0 Å². The molecule has 0 heterocycles. The van der Waals surface area contributed by atoms with E-state index in [1.165, 1.54) is 5.56 Å². The standard InChI is InChI=1S/C19H23NO3/c1-4-15-8-10-16(11-9-15)14(2)20-19(21)13-23-18-7-5-6-17(12-18)22-3/h5-12,14H,4,13H2,1-3H3,(H,20,21). The van der Waals surface area contributed by atoms with Gasteiger partial charge < -0.3 is 14.8 Å². The van der Waals surface area contributed by atoms with Crippen molar-refractivity contribution in [2.45, 2.75) is 26.3 Å². The van der Waals surface area contributed by atoms with Crippen LogP contribution in [-0.2, 0) is 11.2 Å². The molecule has 0 saturated heterocycles. The number of carbonyl (C=O) groups is 1. The molecule has 1 N–H and O–H groups in total. The summed E-state index contributed by atoms with van der Waals surface area (Å²) in [5.41, 5.74) is 2.37. The van der Waals surface area contributed by atoms with Gasteiger partial charge in [-0.1, -0.05) is 37.3 Å². The molecule has 0 aliphatic heterocycles. The fourth-order valence-corrected chi connectivity index (χ4v) is 2.25. The minimum atomic E-state index is -0.153. The Hall–Kier alpha value is -2.49. The van der Waals surface area contributed by atoms with E-state index in [0.717, 1.165) is 12.0 Å². The summed E-state index contributed by atoms with van der Waals surface area (Å²) < 4.78 is 10.6. The second kappa shape index (κ2) is 8.22. The summed E-state index contributed by atoms with van der Waals surface area (Å²) in [4.78, 5) is 12.0. The van der Waals surface area contributed by atoms with Gasteiger partial charge in [0, 0.05) is 6.07 Å². The zero-order chi connectivity index (χ0) is 16.7. The molecule has 4 heteroatoms. The van der Waals surface area contributed by atoms with E-state index >= 15 is 0 Å². The zero-order valence-electron chi connectivity index (χ0n) is 13.8. The van der Waals surface area contributed by atoms with Gasteiger partial charge in [0.25, 0.3) is 5.91 Å². The third kappa shape index (κ3) is 5.02. The minimum Gasteiger partial charge on any atom is -0.497 e. The molecular formula is C19H23NO3. The first-order valence-corrected chi connectivity index (χ1v) is 7.77. The molecule has 2 aromatic carbocycles. The molecule has 0 aliphatic rings. The van der Waals surface area contributed by atoms with Crippen molar-refractivity contribution in [3.05, 3.63) is 59.7 Å². The topological polar surface area (TPSA) is 47.6 Å². The number of benzene rings is 2. The molecule has 0 saturated carbocycles. The highest BCUT2D eigenvalue weighted by Crippen LogP contribution is 2.19. The van der Waals surface area contributed by atoms with Gasteiger partial charge in [0.1, 0.15) is 11.5 Å². The van der Waals surface area contributed by atoms with Crippen LogP contribution in [0.2, 0.25) is 0 Å². The average Bonchev–Trinajstić information content (AvgIpc) is 2.60. The first-order valence-electron chi connectivity index (χ1n) is 7.77. The van der Waals surface area contributed by atoms with E-state index in [9.17, 15) is 4.79 Å². The van der Waals surface area contributed by atoms with Crippen LogP contribution in [0.4, 0.5) is 0 Å². The second-order valence-corrected chi connectivity index (χ2v) is 5.35. The maximum absolute atomic E-state index is 12.0. The number of ether oxygens (including phenoxy) is 2. The van der Waals surface area contributed by atoms with Gasteiger partial charge in [-0.3, -0.25) is 4.79 Å². The van der Waals surface area contributed by atoms with Crippen molar-refractivity contribution < 1.29 is 14.3 Å². The fraction of sp³-hybridized carbons (Fsp3) is 0.316. The molecule has 2 aromatic rings. The lowest BCUT2D eigenvalue weighted by molar-refractivity contribution is -0.123. The molecule has 1 amide bonds. The van der Waals surface area contributed by atoms with E-state index in [0.29, 0.717) is 11.5 Å². The van der Waals surface area contributed by atoms with Gasteiger partial charge in [-0.25, -0.2) is 0 Å². The smallest absolute Gasteiger partial charge is 0.258 e. The second-order valence-electron chi connectivity index (χ2n) is 5.35. The Labute approximate surface area is 137 Å². The van der Waals surface area contributed by atoms with Gasteiger partial charge >= 0.3 is 0 Å². The molecule has 1 unspecified atom stereocenters. The van der Waals surface area contributed by atoms with Gasteiger partial charge in [-0.2, -0.15) is 0 Å². The van der Waals surface area contributed by atoms with Crippen LogP contribution in [0.25, 0.3) is 0 Å². The lowest BCUT2D eigenvalue weighted by Crippen LogP contribution is -2.31. The molecule has 0 radical (unpaired) electrons. The number of amides is 1. The molecular weight excluding hydrogens is 290 g/mol. The highest BCUT2D eigenvalue weighted by atomic mass is 16.5. The Kier molecular flexibility index (Phi) is 6.03. The van der Waals surface area contributed by atoms with E-state index in [-0.39, 0.29) is 18.6 Å². The van der Waals surface area contributed by atoms with Crippen LogP contribution in [0.1, 0.15) is 31.0 Å². The van der Waals surface area contributed by atoms with Crippen LogP contribution in [0.15, 0.2) is 48.5 Å².